The normalized spacial score (nSPS) is 15.3. The first-order valence-electron chi connectivity index (χ1n) is 7.53. The summed E-state index contributed by atoms with van der Waals surface area (Å²) in [4.78, 5) is 12.0. The Labute approximate surface area is 124 Å². The van der Waals surface area contributed by atoms with Gasteiger partial charge in [-0.2, -0.15) is 0 Å². The molecule has 4 heteroatoms. The molecule has 0 radical (unpaired) electrons. The maximum atomic E-state index is 12.0. The summed E-state index contributed by atoms with van der Waals surface area (Å²) in [6.07, 6.45) is 4.35. The van der Waals surface area contributed by atoms with E-state index in [1.165, 1.54) is 0 Å². The van der Waals surface area contributed by atoms with Crippen molar-refractivity contribution < 1.29 is 9.32 Å². The van der Waals surface area contributed by atoms with Gasteiger partial charge >= 0.3 is 0 Å². The van der Waals surface area contributed by atoms with E-state index >= 15 is 0 Å². The maximum absolute atomic E-state index is 12.0. The average Bonchev–Trinajstić information content (AvgIpc) is 3.17. The third-order valence-electron chi connectivity index (χ3n) is 4.14. The number of aromatic nitrogens is 1. The molecule has 1 heterocycles. The summed E-state index contributed by atoms with van der Waals surface area (Å²) in [6.45, 7) is 2.46. The lowest BCUT2D eigenvalue weighted by Crippen LogP contribution is -2.28. The summed E-state index contributed by atoms with van der Waals surface area (Å²) in [7, 11) is 0. The van der Waals surface area contributed by atoms with Gasteiger partial charge in [0.25, 0.3) is 0 Å². The Kier molecular flexibility index (Phi) is 4.04. The van der Waals surface area contributed by atoms with Gasteiger partial charge < -0.3 is 9.84 Å². The summed E-state index contributed by atoms with van der Waals surface area (Å²) in [5.74, 6) is 1.02. The van der Waals surface area contributed by atoms with E-state index in [2.05, 4.69) is 10.5 Å². The monoisotopic (exact) mass is 284 g/mol. The van der Waals surface area contributed by atoms with E-state index in [4.69, 9.17) is 4.52 Å². The van der Waals surface area contributed by atoms with E-state index in [0.29, 0.717) is 12.3 Å². The van der Waals surface area contributed by atoms with E-state index < -0.39 is 0 Å². The van der Waals surface area contributed by atoms with Crippen LogP contribution < -0.4 is 5.32 Å². The predicted molar refractivity (Wildman–Crippen MR) is 80.5 cm³/mol. The van der Waals surface area contributed by atoms with Crippen LogP contribution in [0.2, 0.25) is 0 Å². The second-order valence-electron chi connectivity index (χ2n) is 5.69. The molecular weight excluding hydrogens is 264 g/mol. The summed E-state index contributed by atoms with van der Waals surface area (Å²) < 4.78 is 5.32. The van der Waals surface area contributed by atoms with Crippen molar-refractivity contribution >= 4 is 5.91 Å². The highest BCUT2D eigenvalue weighted by atomic mass is 16.5. The van der Waals surface area contributed by atoms with Crippen molar-refractivity contribution in [3.63, 3.8) is 0 Å². The minimum atomic E-state index is 0.140. The molecule has 1 amide bonds. The van der Waals surface area contributed by atoms with Gasteiger partial charge in [-0.15, -0.1) is 0 Å². The fourth-order valence-electron chi connectivity index (χ4n) is 2.89. The Bertz CT molecular complexity index is 627. The first-order valence-corrected chi connectivity index (χ1v) is 7.53. The van der Waals surface area contributed by atoms with Gasteiger partial charge in [0.2, 0.25) is 5.91 Å². The smallest absolute Gasteiger partial charge is 0.223 e. The van der Waals surface area contributed by atoms with E-state index in [1.54, 1.807) is 0 Å². The highest BCUT2D eigenvalue weighted by molar-refractivity contribution is 5.78. The molecule has 110 valence electrons. The number of nitrogens with one attached hydrogen (secondary N) is 1. The number of benzene rings is 1. The fraction of sp³-hybridized carbons (Fsp3) is 0.412. The van der Waals surface area contributed by atoms with Gasteiger partial charge in [-0.1, -0.05) is 42.3 Å². The van der Waals surface area contributed by atoms with Crippen LogP contribution in [0.15, 0.2) is 34.9 Å². The van der Waals surface area contributed by atoms with Gasteiger partial charge in [0.05, 0.1) is 6.54 Å². The highest BCUT2D eigenvalue weighted by Crippen LogP contribution is 2.25. The van der Waals surface area contributed by atoms with Crippen molar-refractivity contribution in [2.24, 2.45) is 5.92 Å². The Morgan fingerprint density at radius 2 is 2.10 bits per heavy atom. The van der Waals surface area contributed by atoms with Crippen molar-refractivity contribution in [1.29, 1.82) is 0 Å². The van der Waals surface area contributed by atoms with Crippen molar-refractivity contribution in [2.75, 3.05) is 0 Å². The lowest BCUT2D eigenvalue weighted by atomic mass is 10.1. The van der Waals surface area contributed by atoms with Crippen molar-refractivity contribution in [3.8, 4) is 11.3 Å². The molecule has 0 spiro atoms. The molecule has 1 aromatic carbocycles. The van der Waals surface area contributed by atoms with E-state index in [9.17, 15) is 4.79 Å². The van der Waals surface area contributed by atoms with Crippen LogP contribution in [0.3, 0.4) is 0 Å². The largest absolute Gasteiger partial charge is 0.359 e. The predicted octanol–water partition coefficient (Wildman–Crippen LogP) is 3.46. The number of carbonyl (C=O) groups excluding carboxylic acids is 1. The van der Waals surface area contributed by atoms with Gasteiger partial charge in [-0.05, 0) is 25.3 Å². The zero-order chi connectivity index (χ0) is 14.7. The summed E-state index contributed by atoms with van der Waals surface area (Å²) >= 11 is 0. The zero-order valence-corrected chi connectivity index (χ0v) is 12.3. The molecule has 1 aliphatic carbocycles. The Balaban J connectivity index is 1.63. The van der Waals surface area contributed by atoms with Gasteiger partial charge in [0, 0.05) is 17.5 Å². The number of carbonyl (C=O) groups is 1. The van der Waals surface area contributed by atoms with Crippen LogP contribution >= 0.6 is 0 Å². The van der Waals surface area contributed by atoms with Crippen LogP contribution in [0.4, 0.5) is 0 Å². The average molecular weight is 284 g/mol. The summed E-state index contributed by atoms with van der Waals surface area (Å²) in [5, 5.41) is 7.04. The number of aryl methyl sites for hydroxylation is 1. The van der Waals surface area contributed by atoms with Gasteiger partial charge in [0.1, 0.15) is 5.69 Å². The lowest BCUT2D eigenvalue weighted by molar-refractivity contribution is -0.125. The number of nitrogens with zero attached hydrogens (tertiary/aromatic N) is 1. The fourth-order valence-corrected chi connectivity index (χ4v) is 2.89. The third-order valence-corrected chi connectivity index (χ3v) is 4.14. The van der Waals surface area contributed by atoms with Crippen molar-refractivity contribution in [2.45, 2.75) is 39.2 Å². The second kappa shape index (κ2) is 6.12. The van der Waals surface area contributed by atoms with E-state index in [0.717, 1.165) is 42.5 Å². The van der Waals surface area contributed by atoms with E-state index in [1.807, 2.05) is 37.3 Å². The molecule has 1 saturated carbocycles. The minimum Gasteiger partial charge on any atom is -0.359 e. The first-order chi connectivity index (χ1) is 10.2. The molecule has 3 rings (SSSR count). The Hall–Kier alpha value is -2.10. The molecule has 0 atom stereocenters. The first kappa shape index (κ1) is 13.9. The van der Waals surface area contributed by atoms with Crippen LogP contribution in [0, 0.1) is 12.8 Å². The SMILES string of the molecule is Cc1ccccc1-c1cc(CNC(=O)C2CCCC2)on1. The molecule has 1 aliphatic rings. The Morgan fingerprint density at radius 3 is 2.86 bits per heavy atom. The number of hydrogen-bond acceptors (Lipinski definition) is 3. The molecule has 0 unspecified atom stereocenters. The number of amides is 1. The third kappa shape index (κ3) is 3.15. The molecule has 4 nitrogen and oxygen atoms in total. The van der Waals surface area contributed by atoms with Crippen LogP contribution in [0.5, 0.6) is 0 Å². The zero-order valence-electron chi connectivity index (χ0n) is 12.3. The Morgan fingerprint density at radius 1 is 1.33 bits per heavy atom. The van der Waals surface area contributed by atoms with Crippen LogP contribution in [-0.2, 0) is 11.3 Å². The summed E-state index contributed by atoms with van der Waals surface area (Å²) in [5.41, 5.74) is 3.04. The van der Waals surface area contributed by atoms with E-state index in [-0.39, 0.29) is 11.8 Å². The second-order valence-corrected chi connectivity index (χ2v) is 5.69. The van der Waals surface area contributed by atoms with Crippen LogP contribution in [0.25, 0.3) is 11.3 Å². The molecular formula is C17H20N2O2. The highest BCUT2D eigenvalue weighted by Gasteiger charge is 2.22. The van der Waals surface area contributed by atoms with Gasteiger partial charge in [-0.3, -0.25) is 4.79 Å². The summed E-state index contributed by atoms with van der Waals surface area (Å²) in [6, 6.07) is 9.96. The molecule has 0 aliphatic heterocycles. The molecule has 21 heavy (non-hydrogen) atoms. The number of rotatable bonds is 4. The molecule has 0 saturated heterocycles. The molecule has 1 aromatic heterocycles. The van der Waals surface area contributed by atoms with Crippen LogP contribution in [-0.4, -0.2) is 11.1 Å². The molecule has 1 fully saturated rings. The number of hydrogen-bond donors (Lipinski definition) is 1. The standard InChI is InChI=1S/C17H20N2O2/c1-12-6-2-5-9-15(12)16-10-14(21-19-16)11-18-17(20)13-7-3-4-8-13/h2,5-6,9-10,13H,3-4,7-8,11H2,1H3,(H,18,20). The van der Waals surface area contributed by atoms with Crippen molar-refractivity contribution in [1.82, 2.24) is 10.5 Å². The van der Waals surface area contributed by atoms with Gasteiger partial charge in [0.15, 0.2) is 5.76 Å². The molecule has 1 N–H and O–H groups in total. The van der Waals surface area contributed by atoms with Gasteiger partial charge in [-0.25, -0.2) is 0 Å². The topological polar surface area (TPSA) is 55.1 Å². The van der Waals surface area contributed by atoms with Crippen LogP contribution in [0.1, 0.15) is 37.0 Å². The lowest BCUT2D eigenvalue weighted by Gasteiger charge is -2.08. The minimum absolute atomic E-state index is 0.140. The maximum Gasteiger partial charge on any atom is 0.223 e. The van der Waals surface area contributed by atoms with Crippen molar-refractivity contribution in [3.05, 3.63) is 41.7 Å². The molecule has 0 bridgehead atoms. The molecule has 2 aromatic rings. The quantitative estimate of drug-likeness (QED) is 0.935.